The number of benzene rings is 2. The van der Waals surface area contributed by atoms with Gasteiger partial charge in [0.25, 0.3) is 0 Å². The number of amides is 2. The molecule has 0 aromatic heterocycles. The number of carbonyl (C=O) groups is 2. The van der Waals surface area contributed by atoms with Gasteiger partial charge in [-0.15, -0.1) is 0 Å². The Hall–Kier alpha value is -1.85. The highest BCUT2D eigenvalue weighted by Gasteiger charge is 2.27. The van der Waals surface area contributed by atoms with E-state index in [9.17, 15) is 9.59 Å². The lowest BCUT2D eigenvalue weighted by Gasteiger charge is -2.29. The van der Waals surface area contributed by atoms with Gasteiger partial charge in [0.2, 0.25) is 11.8 Å². The van der Waals surface area contributed by atoms with Crippen molar-refractivity contribution in [3.63, 3.8) is 0 Å². The molecule has 2 aromatic carbocycles. The topological polar surface area (TPSA) is 49.4 Å². The van der Waals surface area contributed by atoms with E-state index in [4.69, 9.17) is 11.6 Å². The van der Waals surface area contributed by atoms with Gasteiger partial charge in [-0.2, -0.15) is 0 Å². The summed E-state index contributed by atoms with van der Waals surface area (Å²) in [7, 11) is 0. The van der Waals surface area contributed by atoms with E-state index in [1.54, 1.807) is 17.9 Å². The predicted molar refractivity (Wildman–Crippen MR) is 113 cm³/mol. The molecule has 0 aliphatic carbocycles. The van der Waals surface area contributed by atoms with Gasteiger partial charge in [0.15, 0.2) is 0 Å². The lowest BCUT2D eigenvalue weighted by atomic mass is 10.1. The van der Waals surface area contributed by atoms with Crippen LogP contribution in [-0.2, 0) is 22.6 Å². The van der Waals surface area contributed by atoms with Crippen molar-refractivity contribution in [3.05, 3.63) is 69.2 Å². The molecule has 1 atom stereocenters. The summed E-state index contributed by atoms with van der Waals surface area (Å²) in [5, 5.41) is 3.43. The molecule has 0 fully saturated rings. The maximum atomic E-state index is 13.1. The average molecular weight is 452 g/mol. The van der Waals surface area contributed by atoms with Crippen molar-refractivity contribution < 1.29 is 9.59 Å². The van der Waals surface area contributed by atoms with Crippen LogP contribution in [-0.4, -0.2) is 28.8 Å². The first-order chi connectivity index (χ1) is 12.8. The molecule has 27 heavy (non-hydrogen) atoms. The molecular formula is C21H24BrClN2O2. The molecule has 2 aromatic rings. The zero-order valence-electron chi connectivity index (χ0n) is 15.7. The summed E-state index contributed by atoms with van der Waals surface area (Å²) >= 11 is 9.66. The van der Waals surface area contributed by atoms with Crippen LogP contribution in [0.4, 0.5) is 0 Å². The third kappa shape index (κ3) is 6.36. The molecule has 1 N–H and O–H groups in total. The summed E-state index contributed by atoms with van der Waals surface area (Å²) in [4.78, 5) is 27.2. The number of hydrogen-bond donors (Lipinski definition) is 1. The largest absolute Gasteiger partial charge is 0.352 e. The highest BCUT2D eigenvalue weighted by atomic mass is 79.9. The van der Waals surface area contributed by atoms with Crippen LogP contribution in [0.3, 0.4) is 0 Å². The summed E-state index contributed by atoms with van der Waals surface area (Å²) in [6, 6.07) is 14.4. The van der Waals surface area contributed by atoms with Crippen LogP contribution in [0, 0.1) is 0 Å². The zero-order valence-corrected chi connectivity index (χ0v) is 18.0. The first kappa shape index (κ1) is 21.5. The van der Waals surface area contributed by atoms with Gasteiger partial charge in [-0.3, -0.25) is 9.59 Å². The van der Waals surface area contributed by atoms with Gasteiger partial charge in [0.05, 0.1) is 6.42 Å². The third-order valence-corrected chi connectivity index (χ3v) is 5.00. The third-order valence-electron chi connectivity index (χ3n) is 4.14. The van der Waals surface area contributed by atoms with Gasteiger partial charge >= 0.3 is 0 Å². The second-order valence-corrected chi connectivity index (χ2v) is 8.08. The molecule has 0 unspecified atom stereocenters. The van der Waals surface area contributed by atoms with Crippen LogP contribution < -0.4 is 5.32 Å². The van der Waals surface area contributed by atoms with Crippen molar-refractivity contribution in [1.29, 1.82) is 0 Å². The summed E-state index contributed by atoms with van der Waals surface area (Å²) in [6.07, 6.45) is 0.146. The SMILES string of the molecule is CC(C)NC(=O)[C@H](C)N(Cc1cccc(Br)c1)C(=O)Cc1ccccc1Cl. The fraction of sp³-hybridized carbons (Fsp3) is 0.333. The maximum Gasteiger partial charge on any atom is 0.242 e. The maximum absolute atomic E-state index is 13.1. The minimum absolute atomic E-state index is 0.00587. The molecule has 6 heteroatoms. The number of carbonyl (C=O) groups excluding carboxylic acids is 2. The molecule has 0 aliphatic rings. The molecule has 144 valence electrons. The molecule has 4 nitrogen and oxygen atoms in total. The monoisotopic (exact) mass is 450 g/mol. The standard InChI is InChI=1S/C21H24BrClN2O2/c1-14(2)24-21(27)15(3)25(13-16-7-6-9-18(22)11-16)20(26)12-17-8-4-5-10-19(17)23/h4-11,14-15H,12-13H2,1-3H3,(H,24,27)/t15-/m0/s1. The van der Waals surface area contributed by atoms with E-state index >= 15 is 0 Å². The number of halogens is 2. The number of rotatable bonds is 7. The Balaban J connectivity index is 2.26. The Bertz CT molecular complexity index is 810. The Labute approximate surface area is 174 Å². The molecule has 0 bridgehead atoms. The van der Waals surface area contributed by atoms with Gasteiger partial charge in [0, 0.05) is 22.1 Å². The molecule has 0 radical (unpaired) electrons. The van der Waals surface area contributed by atoms with E-state index < -0.39 is 6.04 Å². The van der Waals surface area contributed by atoms with Crippen molar-refractivity contribution in [2.45, 2.75) is 45.8 Å². The van der Waals surface area contributed by atoms with Crippen molar-refractivity contribution in [1.82, 2.24) is 10.2 Å². The van der Waals surface area contributed by atoms with Crippen LogP contribution in [0.1, 0.15) is 31.9 Å². The molecule has 0 aliphatic heterocycles. The molecule has 2 rings (SSSR count). The summed E-state index contributed by atoms with van der Waals surface area (Å²) in [5.41, 5.74) is 1.70. The minimum Gasteiger partial charge on any atom is -0.352 e. The van der Waals surface area contributed by atoms with Crippen LogP contribution >= 0.6 is 27.5 Å². The number of hydrogen-bond acceptors (Lipinski definition) is 2. The van der Waals surface area contributed by atoms with Gasteiger partial charge < -0.3 is 10.2 Å². The average Bonchev–Trinajstić information content (AvgIpc) is 2.60. The fourth-order valence-corrected chi connectivity index (χ4v) is 3.38. The first-order valence-corrected chi connectivity index (χ1v) is 10.0. The number of nitrogens with one attached hydrogen (secondary N) is 1. The summed E-state index contributed by atoms with van der Waals surface area (Å²) in [5.74, 6) is -0.318. The van der Waals surface area contributed by atoms with Crippen molar-refractivity contribution >= 4 is 39.3 Å². The van der Waals surface area contributed by atoms with Crippen LogP contribution in [0.5, 0.6) is 0 Å². The quantitative estimate of drug-likeness (QED) is 0.669. The molecule has 0 spiro atoms. The van der Waals surface area contributed by atoms with E-state index in [0.717, 1.165) is 15.6 Å². The minimum atomic E-state index is -0.596. The normalized spacial score (nSPS) is 11.9. The Morgan fingerprint density at radius 3 is 2.44 bits per heavy atom. The molecule has 0 saturated carbocycles. The molecule has 0 heterocycles. The van der Waals surface area contributed by atoms with Crippen molar-refractivity contribution in [2.24, 2.45) is 0 Å². The van der Waals surface area contributed by atoms with E-state index in [1.807, 2.05) is 56.3 Å². The zero-order chi connectivity index (χ0) is 20.0. The molecule has 0 saturated heterocycles. The van der Waals surface area contributed by atoms with Crippen LogP contribution in [0.15, 0.2) is 53.0 Å². The Morgan fingerprint density at radius 1 is 1.11 bits per heavy atom. The number of nitrogens with zero attached hydrogens (tertiary/aromatic N) is 1. The lowest BCUT2D eigenvalue weighted by Crippen LogP contribution is -2.49. The fourth-order valence-electron chi connectivity index (χ4n) is 2.73. The second-order valence-electron chi connectivity index (χ2n) is 6.76. The highest BCUT2D eigenvalue weighted by Crippen LogP contribution is 2.19. The second kappa shape index (κ2) is 9.90. The van der Waals surface area contributed by atoms with Crippen molar-refractivity contribution in [3.8, 4) is 0 Å². The summed E-state index contributed by atoms with van der Waals surface area (Å²) < 4.78 is 0.929. The van der Waals surface area contributed by atoms with E-state index in [2.05, 4.69) is 21.2 Å². The Kier molecular flexibility index (Phi) is 7.87. The smallest absolute Gasteiger partial charge is 0.242 e. The predicted octanol–water partition coefficient (Wildman–Crippen LogP) is 4.59. The van der Waals surface area contributed by atoms with Gasteiger partial charge in [-0.25, -0.2) is 0 Å². The molecular weight excluding hydrogens is 428 g/mol. The van der Waals surface area contributed by atoms with E-state index in [1.165, 1.54) is 0 Å². The first-order valence-electron chi connectivity index (χ1n) is 8.85. The lowest BCUT2D eigenvalue weighted by molar-refractivity contribution is -0.140. The highest BCUT2D eigenvalue weighted by molar-refractivity contribution is 9.10. The van der Waals surface area contributed by atoms with E-state index in [-0.39, 0.29) is 24.3 Å². The van der Waals surface area contributed by atoms with Gasteiger partial charge in [0.1, 0.15) is 6.04 Å². The Morgan fingerprint density at radius 2 is 1.81 bits per heavy atom. The van der Waals surface area contributed by atoms with Gasteiger partial charge in [-0.1, -0.05) is 57.9 Å². The summed E-state index contributed by atoms with van der Waals surface area (Å²) in [6.45, 7) is 5.89. The van der Waals surface area contributed by atoms with Gasteiger partial charge in [-0.05, 0) is 50.1 Å². The molecule has 2 amide bonds. The van der Waals surface area contributed by atoms with E-state index in [0.29, 0.717) is 11.6 Å². The van der Waals surface area contributed by atoms with Crippen molar-refractivity contribution in [2.75, 3.05) is 0 Å². The van der Waals surface area contributed by atoms with Crippen LogP contribution in [0.25, 0.3) is 0 Å². The van der Waals surface area contributed by atoms with Crippen LogP contribution in [0.2, 0.25) is 5.02 Å².